The fraction of sp³-hybridized carbons (Fsp3) is 0. The Balaban J connectivity index is 2.36. The first-order valence-corrected chi connectivity index (χ1v) is 3.96. The summed E-state index contributed by atoms with van der Waals surface area (Å²) in [5, 5.41) is 18.9. The molecule has 3 heterocycles. The molecule has 1 N–H and O–H groups in total. The van der Waals surface area contributed by atoms with Crippen molar-refractivity contribution >= 4 is 11.0 Å². The molecule has 14 heavy (non-hydrogen) atoms. The fourth-order valence-electron chi connectivity index (χ4n) is 1.29. The second-order valence-electron chi connectivity index (χ2n) is 2.69. The Morgan fingerprint density at radius 2 is 2.36 bits per heavy atom. The molecule has 3 rings (SSSR count). The van der Waals surface area contributed by atoms with Crippen LogP contribution in [0.4, 0.5) is 0 Å². The van der Waals surface area contributed by atoms with Crippen LogP contribution in [0.5, 0.6) is 0 Å². The van der Waals surface area contributed by atoms with E-state index < -0.39 is 0 Å². The number of tetrazole rings is 1. The van der Waals surface area contributed by atoms with Crippen LogP contribution in [0, 0.1) is 0 Å². The largest absolute Gasteiger partial charge is 0.261 e. The second-order valence-corrected chi connectivity index (χ2v) is 2.69. The van der Waals surface area contributed by atoms with Gasteiger partial charge in [-0.15, -0.1) is 15.0 Å². The van der Waals surface area contributed by atoms with Crippen LogP contribution in [0.25, 0.3) is 16.7 Å². The molecule has 3 aromatic rings. The van der Waals surface area contributed by atoms with Crippen molar-refractivity contribution < 1.29 is 0 Å². The van der Waals surface area contributed by atoms with Gasteiger partial charge in [-0.3, -0.25) is 5.10 Å². The van der Waals surface area contributed by atoms with E-state index in [1.54, 1.807) is 18.5 Å². The molecular formula is C7H5N7. The number of aromatic nitrogens is 7. The summed E-state index contributed by atoms with van der Waals surface area (Å²) in [6.45, 7) is 0. The lowest BCUT2D eigenvalue weighted by Gasteiger charge is -1.97. The van der Waals surface area contributed by atoms with E-state index in [1.807, 2.05) is 0 Å². The Kier molecular flexibility index (Phi) is 1.32. The molecule has 0 unspecified atom stereocenters. The van der Waals surface area contributed by atoms with E-state index in [-0.39, 0.29) is 0 Å². The highest BCUT2D eigenvalue weighted by Gasteiger charge is 2.06. The Labute approximate surface area is 77.8 Å². The predicted molar refractivity (Wildman–Crippen MR) is 46.6 cm³/mol. The zero-order valence-electron chi connectivity index (χ0n) is 6.99. The van der Waals surface area contributed by atoms with Gasteiger partial charge in [-0.1, -0.05) is 0 Å². The summed E-state index contributed by atoms with van der Waals surface area (Å²) in [6.07, 6.45) is 4.73. The Bertz CT molecular complexity index is 552. The van der Waals surface area contributed by atoms with Crippen LogP contribution in [0.1, 0.15) is 0 Å². The number of nitrogens with one attached hydrogen (secondary N) is 1. The maximum absolute atomic E-state index is 4.10. The molecule has 0 saturated heterocycles. The number of fused-ring (bicyclic) bond motifs is 1. The molecule has 68 valence electrons. The molecule has 0 aliphatic rings. The average molecular weight is 187 g/mol. The summed E-state index contributed by atoms with van der Waals surface area (Å²) in [7, 11) is 0. The Hall–Kier alpha value is -2.31. The molecule has 0 amide bonds. The first-order chi connectivity index (χ1) is 6.95. The van der Waals surface area contributed by atoms with Gasteiger partial charge >= 0.3 is 0 Å². The van der Waals surface area contributed by atoms with Gasteiger partial charge in [0, 0.05) is 6.20 Å². The van der Waals surface area contributed by atoms with Crippen molar-refractivity contribution in [2.45, 2.75) is 0 Å². The van der Waals surface area contributed by atoms with Gasteiger partial charge in [-0.2, -0.15) is 5.10 Å². The molecule has 0 spiro atoms. The normalized spacial score (nSPS) is 10.9. The maximum Gasteiger partial charge on any atom is 0.162 e. The summed E-state index contributed by atoms with van der Waals surface area (Å²) in [6, 6.07) is 1.81. The van der Waals surface area contributed by atoms with E-state index in [0.717, 1.165) is 11.1 Å². The molecule has 0 radical (unpaired) electrons. The van der Waals surface area contributed by atoms with Gasteiger partial charge < -0.3 is 0 Å². The van der Waals surface area contributed by atoms with Crippen molar-refractivity contribution in [3.63, 3.8) is 0 Å². The van der Waals surface area contributed by atoms with Crippen LogP contribution in [0.3, 0.4) is 0 Å². The topological polar surface area (TPSA) is 85.2 Å². The van der Waals surface area contributed by atoms with Crippen molar-refractivity contribution in [2.24, 2.45) is 0 Å². The number of rotatable bonds is 1. The summed E-state index contributed by atoms with van der Waals surface area (Å²) >= 11 is 0. The van der Waals surface area contributed by atoms with E-state index in [0.29, 0.717) is 5.65 Å². The Morgan fingerprint density at radius 3 is 3.21 bits per heavy atom. The van der Waals surface area contributed by atoms with Crippen molar-refractivity contribution in [1.29, 1.82) is 0 Å². The van der Waals surface area contributed by atoms with Gasteiger partial charge in [0.15, 0.2) is 12.0 Å². The van der Waals surface area contributed by atoms with Gasteiger partial charge in [-0.05, 0) is 11.3 Å². The number of pyridine rings is 1. The molecule has 7 heteroatoms. The predicted octanol–water partition coefficient (Wildman–Crippen LogP) is -0.0664. The summed E-state index contributed by atoms with van der Waals surface area (Å²) < 4.78 is 0. The first kappa shape index (κ1) is 7.13. The van der Waals surface area contributed by atoms with Gasteiger partial charge in [-0.25, -0.2) is 4.98 Å². The molecule has 0 fully saturated rings. The molecule has 7 nitrogen and oxygen atoms in total. The highest BCUT2D eigenvalue weighted by molar-refractivity contribution is 5.82. The number of hydrogen-bond acceptors (Lipinski definition) is 5. The summed E-state index contributed by atoms with van der Waals surface area (Å²) in [5.41, 5.74) is 1.51. The van der Waals surface area contributed by atoms with Crippen LogP contribution in [0.15, 0.2) is 24.8 Å². The second kappa shape index (κ2) is 2.59. The van der Waals surface area contributed by atoms with E-state index in [1.165, 1.54) is 11.1 Å². The molecule has 0 aromatic carbocycles. The quantitative estimate of drug-likeness (QED) is 0.576. The minimum Gasteiger partial charge on any atom is -0.261 e. The molecule has 0 atom stereocenters. The van der Waals surface area contributed by atoms with Gasteiger partial charge in [0.25, 0.3) is 0 Å². The highest BCUT2D eigenvalue weighted by atomic mass is 15.6. The third-order valence-corrected chi connectivity index (χ3v) is 1.90. The number of H-pyrrole nitrogens is 1. The lowest BCUT2D eigenvalue weighted by molar-refractivity contribution is 0.724. The zero-order valence-corrected chi connectivity index (χ0v) is 6.99. The van der Waals surface area contributed by atoms with Crippen LogP contribution in [-0.4, -0.2) is 35.4 Å². The number of nitrogens with zero attached hydrogens (tertiary/aromatic N) is 6. The monoisotopic (exact) mass is 187 g/mol. The molecule has 0 saturated carbocycles. The van der Waals surface area contributed by atoms with E-state index >= 15 is 0 Å². The van der Waals surface area contributed by atoms with Crippen LogP contribution >= 0.6 is 0 Å². The molecule has 0 aliphatic carbocycles. The fourth-order valence-corrected chi connectivity index (χ4v) is 1.29. The van der Waals surface area contributed by atoms with E-state index in [9.17, 15) is 0 Å². The van der Waals surface area contributed by atoms with E-state index in [4.69, 9.17) is 0 Å². The van der Waals surface area contributed by atoms with Crippen molar-refractivity contribution in [3.8, 4) is 5.69 Å². The zero-order chi connectivity index (χ0) is 9.38. The number of aromatic amines is 1. The summed E-state index contributed by atoms with van der Waals surface area (Å²) in [4.78, 5) is 5.53. The molecular weight excluding hydrogens is 182 g/mol. The third-order valence-electron chi connectivity index (χ3n) is 1.90. The van der Waals surface area contributed by atoms with Gasteiger partial charge in [0.2, 0.25) is 0 Å². The molecule has 3 aromatic heterocycles. The SMILES string of the molecule is c1cc(-n2ncnn2)c2cn[nH]c2n1. The first-order valence-electron chi connectivity index (χ1n) is 3.96. The molecule has 0 bridgehead atoms. The Morgan fingerprint density at radius 1 is 1.36 bits per heavy atom. The maximum atomic E-state index is 4.10. The standard InChI is InChI=1S/C7H5N7/c1-2-8-7-5(3-9-12-7)6(1)14-11-4-10-13-14/h1-4H,(H,8,9,12). The average Bonchev–Trinajstić information content (AvgIpc) is 2.88. The molecule has 0 aliphatic heterocycles. The van der Waals surface area contributed by atoms with Gasteiger partial charge in [0.1, 0.15) is 5.69 Å². The lowest BCUT2D eigenvalue weighted by atomic mass is 10.3. The minimum absolute atomic E-state index is 0.708. The van der Waals surface area contributed by atoms with Crippen molar-refractivity contribution in [2.75, 3.05) is 0 Å². The minimum atomic E-state index is 0.708. The number of hydrogen-bond donors (Lipinski definition) is 1. The van der Waals surface area contributed by atoms with Crippen LogP contribution in [-0.2, 0) is 0 Å². The van der Waals surface area contributed by atoms with Crippen molar-refractivity contribution in [1.82, 2.24) is 35.4 Å². The van der Waals surface area contributed by atoms with Crippen molar-refractivity contribution in [3.05, 3.63) is 24.8 Å². The van der Waals surface area contributed by atoms with Gasteiger partial charge in [0.05, 0.1) is 11.6 Å². The van der Waals surface area contributed by atoms with Crippen LogP contribution < -0.4 is 0 Å². The lowest BCUT2D eigenvalue weighted by Crippen LogP contribution is -1.99. The third kappa shape index (κ3) is 0.889. The van der Waals surface area contributed by atoms with E-state index in [2.05, 4.69) is 30.6 Å². The highest BCUT2D eigenvalue weighted by Crippen LogP contribution is 2.15. The smallest absolute Gasteiger partial charge is 0.162 e. The van der Waals surface area contributed by atoms with Crippen LogP contribution in [0.2, 0.25) is 0 Å². The summed E-state index contributed by atoms with van der Waals surface area (Å²) in [5.74, 6) is 0.